The van der Waals surface area contributed by atoms with E-state index >= 15 is 0 Å². The molecule has 4 heteroatoms. The standard InChI is InChI=1S/C28H20N2O2/c1-3-5-15-29-23-13-9-7-11-19(23)27(31)21-18-26-22(17-25(21)29)28(32)20-12-8-10-14-24(20)30(26)16-6-4-2/h7-14,17-18H,15-16H2,1-2H3. The Balaban J connectivity index is 2.06. The second kappa shape index (κ2) is 7.76. The maximum atomic E-state index is 13.5. The molecular weight excluding hydrogens is 396 g/mol. The molecule has 3 aromatic carbocycles. The lowest BCUT2D eigenvalue weighted by Gasteiger charge is -2.17. The van der Waals surface area contributed by atoms with Crippen molar-refractivity contribution >= 4 is 43.6 Å². The van der Waals surface area contributed by atoms with Gasteiger partial charge < -0.3 is 9.13 Å². The van der Waals surface area contributed by atoms with Crippen LogP contribution in [0.15, 0.2) is 70.3 Å². The Labute approximate surface area is 184 Å². The fourth-order valence-electron chi connectivity index (χ4n) is 4.40. The fraction of sp³-hybridized carbons (Fsp3) is 0.143. The van der Waals surface area contributed by atoms with Gasteiger partial charge in [0.15, 0.2) is 10.9 Å². The van der Waals surface area contributed by atoms with Crippen molar-refractivity contribution in [3.8, 4) is 23.7 Å². The Morgan fingerprint density at radius 2 is 1.00 bits per heavy atom. The molecule has 0 saturated heterocycles. The number of rotatable bonds is 2. The Kier molecular flexibility index (Phi) is 4.77. The van der Waals surface area contributed by atoms with E-state index in [2.05, 4.69) is 23.7 Å². The molecule has 0 aliphatic rings. The van der Waals surface area contributed by atoms with Crippen molar-refractivity contribution in [2.45, 2.75) is 26.9 Å². The zero-order chi connectivity index (χ0) is 22.2. The van der Waals surface area contributed by atoms with Crippen LogP contribution in [0.1, 0.15) is 13.8 Å². The summed E-state index contributed by atoms with van der Waals surface area (Å²) in [7, 11) is 0. The summed E-state index contributed by atoms with van der Waals surface area (Å²) in [6, 6.07) is 18.8. The molecule has 4 nitrogen and oxygen atoms in total. The molecule has 0 fully saturated rings. The van der Waals surface area contributed by atoms with E-state index in [-0.39, 0.29) is 10.9 Å². The Hall–Kier alpha value is -4.28. The van der Waals surface area contributed by atoms with Crippen LogP contribution in [0.3, 0.4) is 0 Å². The molecule has 154 valence electrons. The molecule has 0 spiro atoms. The lowest BCUT2D eigenvalue weighted by atomic mass is 10.0. The first-order valence-electron chi connectivity index (χ1n) is 10.5. The lowest BCUT2D eigenvalue weighted by molar-refractivity contribution is 0.908. The highest BCUT2D eigenvalue weighted by Crippen LogP contribution is 2.26. The number of pyridine rings is 2. The molecule has 0 saturated carbocycles. The van der Waals surface area contributed by atoms with Crippen LogP contribution in [0.4, 0.5) is 0 Å². The molecule has 0 atom stereocenters. The minimum absolute atomic E-state index is 0.0491. The molecular formula is C28H20N2O2. The summed E-state index contributed by atoms with van der Waals surface area (Å²) < 4.78 is 4.04. The highest BCUT2D eigenvalue weighted by Gasteiger charge is 2.16. The van der Waals surface area contributed by atoms with Crippen molar-refractivity contribution < 1.29 is 0 Å². The molecule has 0 amide bonds. The predicted octanol–water partition coefficient (Wildman–Crippen LogP) is 4.67. The van der Waals surface area contributed by atoms with E-state index in [0.29, 0.717) is 45.7 Å². The summed E-state index contributed by atoms with van der Waals surface area (Å²) >= 11 is 0. The van der Waals surface area contributed by atoms with E-state index in [0.717, 1.165) is 11.0 Å². The van der Waals surface area contributed by atoms with Crippen molar-refractivity contribution in [2.75, 3.05) is 0 Å². The Morgan fingerprint density at radius 1 is 0.594 bits per heavy atom. The van der Waals surface area contributed by atoms with Gasteiger partial charge in [-0.15, -0.1) is 11.8 Å². The average Bonchev–Trinajstić information content (AvgIpc) is 2.83. The highest BCUT2D eigenvalue weighted by atomic mass is 16.1. The van der Waals surface area contributed by atoms with Crippen molar-refractivity contribution in [2.24, 2.45) is 0 Å². The quantitative estimate of drug-likeness (QED) is 0.310. The van der Waals surface area contributed by atoms with Crippen LogP contribution in [0.5, 0.6) is 0 Å². The van der Waals surface area contributed by atoms with E-state index in [1.54, 1.807) is 13.8 Å². The van der Waals surface area contributed by atoms with Crippen LogP contribution < -0.4 is 10.9 Å². The molecule has 0 aliphatic heterocycles. The summed E-state index contributed by atoms with van der Waals surface area (Å²) in [5.41, 5.74) is 2.95. The van der Waals surface area contributed by atoms with Crippen molar-refractivity contribution in [3.63, 3.8) is 0 Å². The van der Waals surface area contributed by atoms with Crippen LogP contribution in [0.25, 0.3) is 43.6 Å². The van der Waals surface area contributed by atoms with Gasteiger partial charge in [-0.1, -0.05) is 36.1 Å². The van der Waals surface area contributed by atoms with Crippen LogP contribution in [0.2, 0.25) is 0 Å². The van der Waals surface area contributed by atoms with E-state index in [4.69, 9.17) is 0 Å². The molecule has 0 N–H and O–H groups in total. The van der Waals surface area contributed by atoms with Gasteiger partial charge in [0.05, 0.1) is 35.2 Å². The minimum Gasteiger partial charge on any atom is -0.328 e. The van der Waals surface area contributed by atoms with Crippen LogP contribution in [0, 0.1) is 23.7 Å². The molecule has 5 rings (SSSR count). The number of nitrogens with zero attached hydrogens (tertiary/aromatic N) is 2. The monoisotopic (exact) mass is 416 g/mol. The fourth-order valence-corrected chi connectivity index (χ4v) is 4.40. The normalized spacial score (nSPS) is 10.8. The van der Waals surface area contributed by atoms with Crippen molar-refractivity contribution in [1.29, 1.82) is 0 Å². The molecule has 5 aromatic rings. The summed E-state index contributed by atoms with van der Waals surface area (Å²) in [6.45, 7) is 4.45. The number of aromatic nitrogens is 2. The third kappa shape index (κ3) is 2.89. The molecule has 2 aromatic heterocycles. The lowest BCUT2D eigenvalue weighted by Crippen LogP contribution is -2.15. The number of hydrogen-bond donors (Lipinski definition) is 0. The van der Waals surface area contributed by atoms with Gasteiger partial charge in [0.1, 0.15) is 0 Å². The van der Waals surface area contributed by atoms with E-state index in [1.165, 1.54) is 0 Å². The van der Waals surface area contributed by atoms with Gasteiger partial charge in [0.25, 0.3) is 0 Å². The number of fused-ring (bicyclic) bond motifs is 4. The summed E-state index contributed by atoms with van der Waals surface area (Å²) in [4.78, 5) is 26.9. The van der Waals surface area contributed by atoms with Gasteiger partial charge in [-0.05, 0) is 50.2 Å². The predicted molar refractivity (Wildman–Crippen MR) is 132 cm³/mol. The number of benzene rings is 3. The molecule has 2 heterocycles. The maximum absolute atomic E-state index is 13.5. The number of para-hydroxylation sites is 2. The van der Waals surface area contributed by atoms with E-state index in [1.807, 2.05) is 69.8 Å². The van der Waals surface area contributed by atoms with Gasteiger partial charge in [0, 0.05) is 21.5 Å². The summed E-state index contributed by atoms with van der Waals surface area (Å²) in [5, 5.41) is 2.42. The maximum Gasteiger partial charge on any atom is 0.197 e. The van der Waals surface area contributed by atoms with Gasteiger partial charge in [0.2, 0.25) is 0 Å². The first-order valence-corrected chi connectivity index (χ1v) is 10.5. The van der Waals surface area contributed by atoms with Gasteiger partial charge in [-0.25, -0.2) is 0 Å². The number of hydrogen-bond acceptors (Lipinski definition) is 2. The smallest absolute Gasteiger partial charge is 0.197 e. The van der Waals surface area contributed by atoms with Crippen molar-refractivity contribution in [1.82, 2.24) is 9.13 Å². The zero-order valence-corrected chi connectivity index (χ0v) is 17.9. The highest BCUT2D eigenvalue weighted by molar-refractivity contribution is 6.03. The van der Waals surface area contributed by atoms with Crippen molar-refractivity contribution in [3.05, 3.63) is 81.1 Å². The molecule has 0 unspecified atom stereocenters. The first-order chi connectivity index (χ1) is 15.7. The van der Waals surface area contributed by atoms with Gasteiger partial charge >= 0.3 is 0 Å². The van der Waals surface area contributed by atoms with Gasteiger partial charge in [-0.2, -0.15) is 0 Å². The van der Waals surface area contributed by atoms with Crippen LogP contribution in [-0.2, 0) is 13.1 Å². The largest absolute Gasteiger partial charge is 0.328 e. The van der Waals surface area contributed by atoms with Crippen LogP contribution >= 0.6 is 0 Å². The summed E-state index contributed by atoms with van der Waals surface area (Å²) in [6.07, 6.45) is 0. The molecule has 0 bridgehead atoms. The summed E-state index contributed by atoms with van der Waals surface area (Å²) in [5.74, 6) is 12.1. The molecule has 0 radical (unpaired) electrons. The second-order valence-electron chi connectivity index (χ2n) is 7.60. The van der Waals surface area contributed by atoms with E-state index < -0.39 is 0 Å². The second-order valence-corrected chi connectivity index (χ2v) is 7.60. The topological polar surface area (TPSA) is 44.0 Å². The SMILES string of the molecule is CC#CCn1c2ccccc2c(=O)c2cc3c(cc21)c(=O)c1ccccc1n3CC#CC. The first kappa shape index (κ1) is 19.7. The van der Waals surface area contributed by atoms with Crippen LogP contribution in [-0.4, -0.2) is 9.13 Å². The third-order valence-electron chi connectivity index (χ3n) is 5.89. The van der Waals surface area contributed by atoms with Gasteiger partial charge in [-0.3, -0.25) is 9.59 Å². The molecule has 0 aliphatic carbocycles. The Bertz CT molecular complexity index is 1660. The third-order valence-corrected chi connectivity index (χ3v) is 5.89. The van der Waals surface area contributed by atoms with E-state index in [9.17, 15) is 9.59 Å². The Morgan fingerprint density at radius 3 is 1.41 bits per heavy atom. The zero-order valence-electron chi connectivity index (χ0n) is 17.9. The average molecular weight is 416 g/mol. The minimum atomic E-state index is -0.0491. The molecule has 32 heavy (non-hydrogen) atoms.